The zero-order valence-electron chi connectivity index (χ0n) is 33.8. The maximum absolute atomic E-state index is 7.86. The van der Waals surface area contributed by atoms with Crippen LogP contribution in [0.1, 0.15) is 76.6 Å². The van der Waals surface area contributed by atoms with Crippen molar-refractivity contribution >= 4 is 48.5 Å². The lowest BCUT2D eigenvalue weighted by molar-refractivity contribution is 0.389. The molecule has 56 heavy (non-hydrogen) atoms. The summed E-state index contributed by atoms with van der Waals surface area (Å²) in [4.78, 5) is 0. The predicted octanol–water partition coefficient (Wildman–Crippen LogP) is 10.9. The van der Waals surface area contributed by atoms with Crippen molar-refractivity contribution in [1.82, 2.24) is 0 Å². The lowest BCUT2D eigenvalue weighted by atomic mass is 9.96. The molecule has 0 spiro atoms. The lowest BCUT2D eigenvalue weighted by Gasteiger charge is -2.43. The summed E-state index contributed by atoms with van der Waals surface area (Å²) in [5.74, 6) is 2.25. The predicted molar refractivity (Wildman–Crippen MR) is 241 cm³/mol. The molecule has 0 fully saturated rings. The van der Waals surface area contributed by atoms with Gasteiger partial charge in [-0.1, -0.05) is 211 Å². The Morgan fingerprint density at radius 2 is 0.643 bits per heavy atom. The summed E-state index contributed by atoms with van der Waals surface area (Å²) in [6.07, 6.45) is 3.33. The van der Waals surface area contributed by atoms with Crippen LogP contribution in [0.3, 0.4) is 0 Å². The van der Waals surface area contributed by atoms with E-state index in [1.54, 1.807) is 0 Å². The largest absolute Gasteiger partial charge is 0.537 e. The molecule has 2 aliphatic carbocycles. The zero-order valence-corrected chi connectivity index (χ0v) is 35.8. The van der Waals surface area contributed by atoms with E-state index < -0.39 is 16.6 Å². The topological polar surface area (TPSA) is 18.5 Å². The highest BCUT2D eigenvalue weighted by Gasteiger charge is 2.54. The van der Waals surface area contributed by atoms with Crippen LogP contribution >= 0.6 is 0 Å². The fraction of sp³-hybridized carbons (Fsp3) is 0.231. The van der Waals surface area contributed by atoms with Crippen molar-refractivity contribution in [2.75, 3.05) is 0 Å². The van der Waals surface area contributed by atoms with Gasteiger partial charge >= 0.3 is 16.6 Å². The third-order valence-corrected chi connectivity index (χ3v) is 22.0. The zero-order chi connectivity index (χ0) is 39.0. The molecule has 0 saturated heterocycles. The van der Waals surface area contributed by atoms with Crippen LogP contribution in [0, 0.1) is 0 Å². The fourth-order valence-corrected chi connectivity index (χ4v) is 18.5. The fourth-order valence-electron chi connectivity index (χ4n) is 9.46. The van der Waals surface area contributed by atoms with Crippen molar-refractivity contribution in [3.63, 3.8) is 0 Å². The molecule has 0 aromatic heterocycles. The van der Waals surface area contributed by atoms with E-state index in [-0.39, 0.29) is 10.1 Å². The minimum Gasteiger partial charge on any atom is -0.537 e. The Morgan fingerprint density at radius 3 is 0.929 bits per heavy atom. The second-order valence-corrected chi connectivity index (χ2v) is 25.9. The molecule has 0 bridgehead atoms. The van der Waals surface area contributed by atoms with Gasteiger partial charge < -0.3 is 8.85 Å². The van der Waals surface area contributed by atoms with E-state index >= 15 is 0 Å². The van der Waals surface area contributed by atoms with Crippen LogP contribution in [-0.4, -0.2) is 16.6 Å². The summed E-state index contributed by atoms with van der Waals surface area (Å²) in [5, 5.41) is 4.94. The average molecular weight is 767 g/mol. The van der Waals surface area contributed by atoms with Crippen LogP contribution in [-0.2, 0) is 21.7 Å². The van der Waals surface area contributed by atoms with Gasteiger partial charge in [-0.15, -0.1) is 0 Å². The Hall–Kier alpha value is -5.17. The smallest absolute Gasteiger partial charge is 0.319 e. The Bertz CT molecular complexity index is 2120. The van der Waals surface area contributed by atoms with E-state index in [1.165, 1.54) is 54.1 Å². The third-order valence-electron chi connectivity index (χ3n) is 12.1. The van der Waals surface area contributed by atoms with Gasteiger partial charge in [-0.05, 0) is 77.1 Å². The number of rotatable bonds is 11. The van der Waals surface area contributed by atoms with Crippen LogP contribution in [0.5, 0.6) is 0 Å². The number of hydrogen-bond acceptors (Lipinski definition) is 2. The molecular formula is C52H54O2Si2. The van der Waals surface area contributed by atoms with Crippen molar-refractivity contribution < 1.29 is 8.85 Å². The van der Waals surface area contributed by atoms with Crippen molar-refractivity contribution in [3.8, 4) is 0 Å². The Labute approximate surface area is 336 Å². The summed E-state index contributed by atoms with van der Waals surface area (Å²) >= 11 is 0. The number of fused-ring (bicyclic) bond motifs is 2. The van der Waals surface area contributed by atoms with E-state index in [0.717, 1.165) is 37.2 Å². The van der Waals surface area contributed by atoms with Crippen LogP contribution in [0.4, 0.5) is 0 Å². The normalized spacial score (nSPS) is 14.5. The van der Waals surface area contributed by atoms with E-state index in [4.69, 9.17) is 8.85 Å². The molecule has 6 aromatic carbocycles. The molecular weight excluding hydrogens is 713 g/mol. The van der Waals surface area contributed by atoms with Gasteiger partial charge in [-0.25, -0.2) is 0 Å². The van der Waals surface area contributed by atoms with E-state index in [9.17, 15) is 0 Å². The Morgan fingerprint density at radius 1 is 0.375 bits per heavy atom. The van der Waals surface area contributed by atoms with E-state index in [2.05, 4.69) is 211 Å². The number of allylic oxidation sites excluding steroid dienone is 4. The first-order chi connectivity index (χ1) is 27.0. The third kappa shape index (κ3) is 6.63. The summed E-state index contributed by atoms with van der Waals surface area (Å²) in [6.45, 7) is 14.2. The first-order valence-electron chi connectivity index (χ1n) is 20.2. The second-order valence-electron chi connectivity index (χ2n) is 17.5. The molecule has 0 aliphatic heterocycles. The van der Waals surface area contributed by atoms with E-state index in [0.29, 0.717) is 0 Å². The molecule has 0 unspecified atom stereocenters. The molecule has 0 N–H and O–H groups in total. The summed E-state index contributed by atoms with van der Waals surface area (Å²) in [7, 11) is -5.69. The SMILES string of the molecule is CC(C)(C)[Si](OC1=C(CCC2=C(O[Si](c3ccccc3)(c3ccccc3)C(C)(C)C)Cc3ccccc32)c2ccccc2C1)(c1ccccc1)c1ccccc1. The molecule has 0 saturated carbocycles. The van der Waals surface area contributed by atoms with E-state index in [1.807, 2.05) is 0 Å². The second kappa shape index (κ2) is 15.1. The monoisotopic (exact) mass is 766 g/mol. The maximum atomic E-state index is 7.86. The van der Waals surface area contributed by atoms with Gasteiger partial charge in [0.2, 0.25) is 0 Å². The van der Waals surface area contributed by atoms with Crippen LogP contribution in [0.15, 0.2) is 181 Å². The van der Waals surface area contributed by atoms with Crippen molar-refractivity contribution in [1.29, 1.82) is 0 Å². The molecule has 282 valence electrons. The molecule has 0 amide bonds. The molecule has 4 heteroatoms. The first kappa shape index (κ1) is 37.7. The molecule has 2 nitrogen and oxygen atoms in total. The minimum absolute atomic E-state index is 0.133. The van der Waals surface area contributed by atoms with Gasteiger partial charge in [0.05, 0.1) is 11.5 Å². The van der Waals surface area contributed by atoms with Gasteiger partial charge in [0.1, 0.15) is 0 Å². The Balaban J connectivity index is 1.26. The molecule has 0 atom stereocenters. The lowest BCUT2D eigenvalue weighted by Crippen LogP contribution is -2.66. The molecule has 8 rings (SSSR count). The van der Waals surface area contributed by atoms with Gasteiger partial charge in [-0.3, -0.25) is 0 Å². The van der Waals surface area contributed by atoms with Crippen LogP contribution < -0.4 is 20.7 Å². The minimum atomic E-state index is -2.84. The quantitative estimate of drug-likeness (QED) is 0.122. The van der Waals surface area contributed by atoms with Gasteiger partial charge in [0.15, 0.2) is 0 Å². The van der Waals surface area contributed by atoms with Crippen molar-refractivity contribution in [3.05, 3.63) is 204 Å². The number of hydrogen-bond donors (Lipinski definition) is 0. The van der Waals surface area contributed by atoms with Gasteiger partial charge in [0, 0.05) is 12.8 Å². The van der Waals surface area contributed by atoms with Crippen LogP contribution in [0.2, 0.25) is 10.1 Å². The molecule has 0 heterocycles. The molecule has 0 radical (unpaired) electrons. The van der Waals surface area contributed by atoms with Crippen molar-refractivity contribution in [2.45, 2.75) is 77.3 Å². The standard InChI is InChI=1S/C52H54O2Si2/c1-51(2,3)55(41-25-11-7-12-26-41,42-27-13-8-14-28-42)53-49-37-39-23-19-21-33-45(39)47(49)35-36-48-46-34-22-20-24-40(46)38-50(48)54-56(52(4,5)6,43-29-15-9-16-30-43)44-31-17-10-18-32-44/h7-34H,35-38H2,1-6H3. The van der Waals surface area contributed by atoms with Gasteiger partial charge in [0.25, 0.3) is 0 Å². The average Bonchev–Trinajstić information content (AvgIpc) is 3.74. The maximum Gasteiger partial charge on any atom is 0.319 e. The Kier molecular flexibility index (Phi) is 10.1. The highest BCUT2D eigenvalue weighted by Crippen LogP contribution is 2.47. The summed E-state index contributed by atoms with van der Waals surface area (Å²) < 4.78 is 15.7. The van der Waals surface area contributed by atoms with Crippen molar-refractivity contribution in [2.24, 2.45) is 0 Å². The number of benzene rings is 6. The molecule has 2 aliphatic rings. The van der Waals surface area contributed by atoms with Gasteiger partial charge in [-0.2, -0.15) is 0 Å². The summed E-state index contributed by atoms with van der Waals surface area (Å²) in [5.41, 5.74) is 7.99. The summed E-state index contributed by atoms with van der Waals surface area (Å²) in [6, 6.07) is 62.1. The molecule has 6 aromatic rings. The first-order valence-corrected chi connectivity index (χ1v) is 24.1. The van der Waals surface area contributed by atoms with Crippen LogP contribution in [0.25, 0.3) is 11.1 Å². The highest BCUT2D eigenvalue weighted by molar-refractivity contribution is 7.00. The highest BCUT2D eigenvalue weighted by atomic mass is 28.4.